The summed E-state index contributed by atoms with van der Waals surface area (Å²) in [5, 5.41) is 12.5. The summed E-state index contributed by atoms with van der Waals surface area (Å²) in [4.78, 5) is 3.85. The topological polar surface area (TPSA) is 97.4 Å². The molecule has 0 radical (unpaired) electrons. The van der Waals surface area contributed by atoms with E-state index in [1.165, 1.54) is 25.4 Å². The Kier molecular flexibility index (Phi) is 4.25. The monoisotopic (exact) mass is 391 g/mol. The molecular formula is C13H10Cl2F3N7. The number of benzene rings is 1. The van der Waals surface area contributed by atoms with Crippen molar-refractivity contribution in [3.05, 3.63) is 34.1 Å². The molecule has 2 aromatic heterocycles. The van der Waals surface area contributed by atoms with E-state index in [-0.39, 0.29) is 33.1 Å². The van der Waals surface area contributed by atoms with Crippen molar-refractivity contribution >= 4 is 40.8 Å². The molecular weight excluding hydrogens is 382 g/mol. The van der Waals surface area contributed by atoms with Crippen LogP contribution >= 0.6 is 23.2 Å². The average Bonchev–Trinajstić information content (AvgIpc) is 3.04. The quantitative estimate of drug-likeness (QED) is 0.629. The molecule has 0 atom stereocenters. The molecule has 0 saturated heterocycles. The molecule has 0 aliphatic heterocycles. The second-order valence-electron chi connectivity index (χ2n) is 5.05. The van der Waals surface area contributed by atoms with Gasteiger partial charge < -0.3 is 11.1 Å². The molecule has 0 spiro atoms. The second kappa shape index (κ2) is 6.12. The van der Waals surface area contributed by atoms with Crippen LogP contribution in [0.5, 0.6) is 0 Å². The van der Waals surface area contributed by atoms with Crippen molar-refractivity contribution in [3.8, 4) is 11.1 Å². The van der Waals surface area contributed by atoms with Gasteiger partial charge in [-0.05, 0) is 12.1 Å². The molecule has 25 heavy (non-hydrogen) atoms. The number of rotatable bonds is 3. The van der Waals surface area contributed by atoms with Gasteiger partial charge in [0.1, 0.15) is 0 Å². The van der Waals surface area contributed by atoms with E-state index in [0.29, 0.717) is 5.69 Å². The van der Waals surface area contributed by atoms with Crippen LogP contribution in [0.4, 0.5) is 30.8 Å². The molecule has 7 nitrogen and oxygen atoms in total. The maximum Gasteiger partial charge on any atom is 0.435 e. The number of hydrogen-bond donors (Lipinski definition) is 3. The fraction of sp³-hybridized carbons (Fsp3) is 0.154. The van der Waals surface area contributed by atoms with Crippen molar-refractivity contribution in [2.45, 2.75) is 6.18 Å². The van der Waals surface area contributed by atoms with Crippen molar-refractivity contribution in [1.29, 1.82) is 0 Å². The van der Waals surface area contributed by atoms with E-state index in [9.17, 15) is 13.2 Å². The summed E-state index contributed by atoms with van der Waals surface area (Å²) < 4.78 is 40.6. The molecule has 3 aromatic rings. The number of nitrogens with one attached hydrogen (secondary N) is 2. The number of nitrogen functional groups attached to an aromatic ring is 1. The van der Waals surface area contributed by atoms with E-state index >= 15 is 0 Å². The minimum atomic E-state index is -4.64. The number of alkyl halides is 3. The predicted molar refractivity (Wildman–Crippen MR) is 87.7 cm³/mol. The lowest BCUT2D eigenvalue weighted by Crippen LogP contribution is -2.08. The molecule has 3 rings (SSSR count). The van der Waals surface area contributed by atoms with Crippen LogP contribution in [0.2, 0.25) is 10.0 Å². The molecule has 0 fully saturated rings. The van der Waals surface area contributed by atoms with Gasteiger partial charge in [-0.15, -0.1) is 5.10 Å². The van der Waals surface area contributed by atoms with Gasteiger partial charge in [0.2, 0.25) is 11.9 Å². The molecule has 0 aliphatic rings. The van der Waals surface area contributed by atoms with Crippen molar-refractivity contribution < 1.29 is 13.2 Å². The number of H-pyrrole nitrogens is 1. The Bertz CT molecular complexity index is 909. The number of aromatic amines is 1. The maximum absolute atomic E-state index is 13.2. The molecule has 0 amide bonds. The number of hydrogen-bond acceptors (Lipinski definition) is 5. The van der Waals surface area contributed by atoms with Gasteiger partial charge in [0.15, 0.2) is 5.69 Å². The first kappa shape index (κ1) is 17.4. The lowest BCUT2D eigenvalue weighted by molar-refractivity contribution is -0.140. The molecule has 4 N–H and O–H groups in total. The molecule has 132 valence electrons. The van der Waals surface area contributed by atoms with Crippen LogP contribution in [0.1, 0.15) is 5.69 Å². The van der Waals surface area contributed by atoms with Crippen LogP contribution in [-0.2, 0) is 13.2 Å². The number of nitrogens with two attached hydrogens (primary N) is 1. The van der Waals surface area contributed by atoms with Crippen molar-refractivity contribution in [3.63, 3.8) is 0 Å². The van der Waals surface area contributed by atoms with Gasteiger partial charge in [0.05, 0.1) is 10.0 Å². The Labute approximate surface area is 148 Å². The Balaban J connectivity index is 2.04. The number of halogens is 5. The third kappa shape index (κ3) is 3.49. The first-order valence-electron chi connectivity index (χ1n) is 6.70. The normalized spacial score (nSPS) is 11.8. The van der Waals surface area contributed by atoms with Crippen molar-refractivity contribution in [2.24, 2.45) is 7.05 Å². The van der Waals surface area contributed by atoms with Gasteiger partial charge in [-0.3, -0.25) is 4.68 Å². The molecule has 0 bridgehead atoms. The highest BCUT2D eigenvalue weighted by Crippen LogP contribution is 2.43. The molecule has 0 unspecified atom stereocenters. The third-order valence-corrected chi connectivity index (χ3v) is 3.76. The van der Waals surface area contributed by atoms with E-state index in [1.54, 1.807) is 0 Å². The van der Waals surface area contributed by atoms with Crippen molar-refractivity contribution in [2.75, 3.05) is 11.1 Å². The van der Waals surface area contributed by atoms with Crippen molar-refractivity contribution in [1.82, 2.24) is 25.0 Å². The largest absolute Gasteiger partial charge is 0.435 e. The zero-order valence-corrected chi connectivity index (χ0v) is 14.0. The van der Waals surface area contributed by atoms with E-state index in [4.69, 9.17) is 28.9 Å². The van der Waals surface area contributed by atoms with Gasteiger partial charge in [-0.1, -0.05) is 23.2 Å². The average molecular weight is 392 g/mol. The lowest BCUT2D eigenvalue weighted by atomic mass is 10.1. The number of anilines is 3. The molecule has 1 aromatic carbocycles. The maximum atomic E-state index is 13.2. The van der Waals surface area contributed by atoms with Gasteiger partial charge in [0.25, 0.3) is 0 Å². The van der Waals surface area contributed by atoms with E-state index in [2.05, 4.69) is 25.6 Å². The number of nitrogens with zero attached hydrogens (tertiary/aromatic N) is 4. The van der Waals surface area contributed by atoms with Crippen LogP contribution in [0.25, 0.3) is 11.1 Å². The zero-order valence-electron chi connectivity index (χ0n) is 12.5. The summed E-state index contributed by atoms with van der Waals surface area (Å²) in [5.41, 5.74) is 4.55. The van der Waals surface area contributed by atoms with Crippen LogP contribution in [0.15, 0.2) is 18.3 Å². The molecule has 0 aliphatic carbocycles. The highest BCUT2D eigenvalue weighted by molar-refractivity contribution is 6.39. The molecule has 12 heteroatoms. The van der Waals surface area contributed by atoms with Gasteiger partial charge >= 0.3 is 6.18 Å². The third-order valence-electron chi connectivity index (χ3n) is 3.17. The minimum absolute atomic E-state index is 0.0111. The van der Waals surface area contributed by atoms with Gasteiger partial charge in [-0.25, -0.2) is 5.10 Å². The number of aromatic nitrogens is 5. The summed E-state index contributed by atoms with van der Waals surface area (Å²) in [6.07, 6.45) is -3.43. The van der Waals surface area contributed by atoms with E-state index in [0.717, 1.165) is 4.68 Å². The Morgan fingerprint density at radius 3 is 2.40 bits per heavy atom. The zero-order chi connectivity index (χ0) is 18.4. The Morgan fingerprint density at radius 2 is 1.88 bits per heavy atom. The standard InChI is InChI=1S/C13H10Cl2F3N7/c1-25-4-6(10(24-25)13(16,17)18)9-7(14)2-5(3-8(9)15)20-12-21-11(19)22-23-12/h2-4H,1H3,(H4,19,20,21,22,23). The van der Waals surface area contributed by atoms with E-state index < -0.39 is 11.9 Å². The minimum Gasteiger partial charge on any atom is -0.368 e. The summed E-state index contributed by atoms with van der Waals surface area (Å²) in [6.45, 7) is 0. The first-order valence-corrected chi connectivity index (χ1v) is 7.46. The number of aryl methyl sites for hydroxylation is 1. The van der Waals surface area contributed by atoms with Crippen LogP contribution in [-0.4, -0.2) is 25.0 Å². The Hall–Kier alpha value is -2.46. The Morgan fingerprint density at radius 1 is 1.24 bits per heavy atom. The van der Waals surface area contributed by atoms with Crippen LogP contribution < -0.4 is 11.1 Å². The highest BCUT2D eigenvalue weighted by Gasteiger charge is 2.38. The summed E-state index contributed by atoms with van der Waals surface area (Å²) in [7, 11) is 1.38. The smallest absolute Gasteiger partial charge is 0.368 e. The van der Waals surface area contributed by atoms with Crippen LogP contribution in [0, 0.1) is 0 Å². The highest BCUT2D eigenvalue weighted by atomic mass is 35.5. The summed E-state index contributed by atoms with van der Waals surface area (Å²) in [6, 6.07) is 2.81. The van der Waals surface area contributed by atoms with E-state index in [1.807, 2.05) is 0 Å². The van der Waals surface area contributed by atoms with Gasteiger partial charge in [-0.2, -0.15) is 23.3 Å². The molecule has 0 saturated carbocycles. The fourth-order valence-corrected chi connectivity index (χ4v) is 2.93. The molecule has 2 heterocycles. The summed E-state index contributed by atoms with van der Waals surface area (Å²) in [5.74, 6) is 0.260. The summed E-state index contributed by atoms with van der Waals surface area (Å²) >= 11 is 12.3. The lowest BCUT2D eigenvalue weighted by Gasteiger charge is -2.11. The first-order chi connectivity index (χ1) is 11.6. The van der Waals surface area contributed by atoms with Gasteiger partial charge in [0, 0.05) is 30.1 Å². The SMILES string of the molecule is Cn1cc(-c2c(Cl)cc(Nc3n[nH]c(N)n3)cc2Cl)c(C(F)(F)F)n1. The fourth-order valence-electron chi connectivity index (χ4n) is 2.24. The van der Waals surface area contributed by atoms with Crippen LogP contribution in [0.3, 0.4) is 0 Å². The second-order valence-corrected chi connectivity index (χ2v) is 5.86. The predicted octanol–water partition coefficient (Wildman–Crippen LogP) is 3.86.